The van der Waals surface area contributed by atoms with E-state index in [0.29, 0.717) is 6.42 Å². The zero-order valence-electron chi connectivity index (χ0n) is 16.6. The molecule has 0 spiro atoms. The number of hydrogen-bond acceptors (Lipinski definition) is 5. The quantitative estimate of drug-likeness (QED) is 0.156. The van der Waals surface area contributed by atoms with Gasteiger partial charge in [0.1, 0.15) is 11.8 Å². The third kappa shape index (κ3) is 6.21. The molecular formula is C19H19F5NO4PS. The summed E-state index contributed by atoms with van der Waals surface area (Å²) < 4.78 is 92.6. The Morgan fingerprint density at radius 3 is 2.03 bits per heavy atom. The SMILES string of the molecule is CC[C@@H](C)OC(=O)[C@H](C)N[P@@](=O)(Oc1ccccc1)Sc1c(F)c(F)c(F)c(F)c1F. The molecule has 0 aliphatic heterocycles. The van der Waals surface area contributed by atoms with Crippen molar-refractivity contribution in [2.45, 2.75) is 44.2 Å². The lowest BCUT2D eigenvalue weighted by Crippen LogP contribution is -2.35. The van der Waals surface area contributed by atoms with Crippen molar-refractivity contribution in [1.29, 1.82) is 0 Å². The van der Waals surface area contributed by atoms with Gasteiger partial charge in [-0.2, -0.15) is 0 Å². The van der Waals surface area contributed by atoms with Gasteiger partial charge in [-0.05, 0) is 32.4 Å². The highest BCUT2D eigenvalue weighted by Gasteiger charge is 2.37. The van der Waals surface area contributed by atoms with Gasteiger partial charge in [0.25, 0.3) is 0 Å². The number of hydrogen-bond donors (Lipinski definition) is 1. The van der Waals surface area contributed by atoms with E-state index in [2.05, 4.69) is 5.09 Å². The number of nitrogens with one attached hydrogen (secondary N) is 1. The molecule has 170 valence electrons. The Morgan fingerprint density at radius 2 is 1.52 bits per heavy atom. The Kier molecular flexibility index (Phi) is 8.50. The van der Waals surface area contributed by atoms with E-state index < -0.39 is 58.8 Å². The first-order valence-electron chi connectivity index (χ1n) is 9.03. The van der Waals surface area contributed by atoms with Gasteiger partial charge in [0.05, 0.1) is 11.0 Å². The van der Waals surface area contributed by atoms with Crippen LogP contribution in [-0.2, 0) is 14.1 Å². The highest BCUT2D eigenvalue weighted by molar-refractivity contribution is 8.56. The summed E-state index contributed by atoms with van der Waals surface area (Å²) in [6, 6.07) is 6.03. The summed E-state index contributed by atoms with van der Waals surface area (Å²) in [6.45, 7) is 0.133. The molecule has 0 saturated carbocycles. The van der Waals surface area contributed by atoms with Gasteiger partial charge in [-0.1, -0.05) is 25.1 Å². The number of ether oxygens (including phenoxy) is 1. The van der Waals surface area contributed by atoms with Crippen LogP contribution in [0.3, 0.4) is 0 Å². The number of esters is 1. The van der Waals surface area contributed by atoms with Crippen LogP contribution in [0, 0.1) is 29.1 Å². The molecule has 0 heterocycles. The number of halogens is 5. The van der Waals surface area contributed by atoms with Crippen LogP contribution in [0.4, 0.5) is 22.0 Å². The normalized spacial score (nSPS) is 15.1. The number of benzene rings is 2. The Labute approximate surface area is 179 Å². The van der Waals surface area contributed by atoms with Gasteiger partial charge in [0.15, 0.2) is 23.3 Å². The van der Waals surface area contributed by atoms with Gasteiger partial charge >= 0.3 is 12.7 Å². The molecule has 5 nitrogen and oxygen atoms in total. The fraction of sp³-hybridized carbons (Fsp3) is 0.316. The van der Waals surface area contributed by atoms with Crippen molar-refractivity contribution in [1.82, 2.24) is 5.09 Å². The third-order valence-corrected chi connectivity index (χ3v) is 7.69. The van der Waals surface area contributed by atoms with Crippen molar-refractivity contribution in [3.8, 4) is 5.75 Å². The monoisotopic (exact) mass is 483 g/mol. The van der Waals surface area contributed by atoms with Crippen molar-refractivity contribution in [2.75, 3.05) is 0 Å². The van der Waals surface area contributed by atoms with Gasteiger partial charge in [-0.15, -0.1) is 0 Å². The lowest BCUT2D eigenvalue weighted by molar-refractivity contribution is -0.149. The van der Waals surface area contributed by atoms with Crippen LogP contribution in [0.15, 0.2) is 35.2 Å². The first kappa shape index (κ1) is 25.2. The summed E-state index contributed by atoms with van der Waals surface area (Å²) in [7, 11) is 0. The second-order valence-corrected chi connectivity index (χ2v) is 10.4. The number of rotatable bonds is 9. The molecule has 0 aromatic heterocycles. The largest absolute Gasteiger partial charge is 0.462 e. The van der Waals surface area contributed by atoms with Crippen LogP contribution >= 0.6 is 18.1 Å². The maximum absolute atomic E-state index is 14.1. The zero-order chi connectivity index (χ0) is 23.3. The van der Waals surface area contributed by atoms with Gasteiger partial charge in [-0.3, -0.25) is 4.79 Å². The van der Waals surface area contributed by atoms with Crippen LogP contribution in [0.1, 0.15) is 27.2 Å². The van der Waals surface area contributed by atoms with E-state index in [1.807, 2.05) is 0 Å². The summed E-state index contributed by atoms with van der Waals surface area (Å²) in [5, 5.41) is 2.28. The summed E-state index contributed by atoms with van der Waals surface area (Å²) in [5.41, 5.74) is 0. The molecule has 0 saturated heterocycles. The van der Waals surface area contributed by atoms with Gasteiger partial charge in [-0.25, -0.2) is 31.6 Å². The minimum absolute atomic E-state index is 0.0304. The van der Waals surface area contributed by atoms with Crippen molar-refractivity contribution in [2.24, 2.45) is 0 Å². The van der Waals surface area contributed by atoms with Crippen LogP contribution in [0.25, 0.3) is 0 Å². The molecule has 0 unspecified atom stereocenters. The topological polar surface area (TPSA) is 64.6 Å². The van der Waals surface area contributed by atoms with Gasteiger partial charge < -0.3 is 9.26 Å². The molecule has 0 amide bonds. The number of carbonyl (C=O) groups excluding carboxylic acids is 1. The van der Waals surface area contributed by atoms with Crippen molar-refractivity contribution in [3.63, 3.8) is 0 Å². The molecule has 0 fully saturated rings. The van der Waals surface area contributed by atoms with Crippen LogP contribution in [0.2, 0.25) is 0 Å². The second-order valence-electron chi connectivity index (χ2n) is 6.40. The lowest BCUT2D eigenvalue weighted by atomic mass is 10.3. The molecule has 31 heavy (non-hydrogen) atoms. The minimum Gasteiger partial charge on any atom is -0.462 e. The fourth-order valence-electron chi connectivity index (χ4n) is 2.15. The third-order valence-electron chi connectivity index (χ3n) is 3.95. The summed E-state index contributed by atoms with van der Waals surface area (Å²) in [4.78, 5) is 10.8. The molecule has 0 aliphatic rings. The van der Waals surface area contributed by atoms with E-state index in [-0.39, 0.29) is 17.1 Å². The first-order chi connectivity index (χ1) is 14.5. The van der Waals surface area contributed by atoms with E-state index in [1.54, 1.807) is 19.9 Å². The predicted molar refractivity (Wildman–Crippen MR) is 105 cm³/mol. The lowest BCUT2D eigenvalue weighted by Gasteiger charge is -2.24. The molecule has 2 rings (SSSR count). The second kappa shape index (κ2) is 10.5. The average Bonchev–Trinajstić information content (AvgIpc) is 2.74. The fourth-order valence-corrected chi connectivity index (χ4v) is 6.06. The van der Waals surface area contributed by atoms with Gasteiger partial charge in [0.2, 0.25) is 5.82 Å². The summed E-state index contributed by atoms with van der Waals surface area (Å²) in [5.74, 6) is -12.0. The highest BCUT2D eigenvalue weighted by Crippen LogP contribution is 2.60. The first-order valence-corrected chi connectivity index (χ1v) is 12.1. The molecule has 0 radical (unpaired) electrons. The molecule has 2 aromatic rings. The van der Waals surface area contributed by atoms with E-state index in [9.17, 15) is 31.3 Å². The Bertz CT molecular complexity index is 966. The summed E-state index contributed by atoms with van der Waals surface area (Å²) in [6.07, 6.45) is 0.0321. The zero-order valence-corrected chi connectivity index (χ0v) is 18.3. The van der Waals surface area contributed by atoms with Crippen LogP contribution in [0.5, 0.6) is 5.75 Å². The van der Waals surface area contributed by atoms with Crippen molar-refractivity contribution in [3.05, 3.63) is 59.4 Å². The van der Waals surface area contributed by atoms with E-state index >= 15 is 0 Å². The van der Waals surface area contributed by atoms with Gasteiger partial charge in [0, 0.05) is 11.4 Å². The molecule has 1 N–H and O–H groups in total. The Balaban J connectivity index is 2.42. The van der Waals surface area contributed by atoms with E-state index in [0.717, 1.165) is 0 Å². The molecule has 0 bridgehead atoms. The average molecular weight is 483 g/mol. The molecule has 0 aliphatic carbocycles. The van der Waals surface area contributed by atoms with Crippen molar-refractivity contribution < 1.29 is 40.6 Å². The van der Waals surface area contributed by atoms with Crippen LogP contribution < -0.4 is 9.61 Å². The van der Waals surface area contributed by atoms with E-state index in [1.165, 1.54) is 31.2 Å². The summed E-state index contributed by atoms with van der Waals surface area (Å²) >= 11 is -0.236. The highest BCUT2D eigenvalue weighted by atomic mass is 32.7. The number of para-hydroxylation sites is 1. The van der Waals surface area contributed by atoms with Crippen molar-refractivity contribution >= 4 is 24.1 Å². The standard InChI is InChI=1S/C19H19F5NO4PS/c1-4-10(2)28-19(26)11(3)25-30(27,29-12-8-6-5-7-9-12)31-18-16(23)14(21)13(20)15(22)17(18)24/h5-11H,4H2,1-3H3,(H,25,27)/t10-,11+,30-/m1/s1. The molecule has 3 atom stereocenters. The molecule has 12 heteroatoms. The molecular weight excluding hydrogens is 464 g/mol. The maximum Gasteiger partial charge on any atom is 0.379 e. The Morgan fingerprint density at radius 1 is 1.00 bits per heavy atom. The molecule has 2 aromatic carbocycles. The Hall–Kier alpha value is -2.10. The number of carbonyl (C=O) groups is 1. The smallest absolute Gasteiger partial charge is 0.379 e. The minimum atomic E-state index is -4.50. The van der Waals surface area contributed by atoms with Crippen LogP contribution in [-0.4, -0.2) is 18.1 Å². The van der Waals surface area contributed by atoms with E-state index in [4.69, 9.17) is 9.26 Å². The maximum atomic E-state index is 14.1. The predicted octanol–water partition coefficient (Wildman–Crippen LogP) is 5.98.